The van der Waals surface area contributed by atoms with Gasteiger partial charge in [-0.25, -0.2) is 0 Å². The predicted molar refractivity (Wildman–Crippen MR) is 74.6 cm³/mol. The summed E-state index contributed by atoms with van der Waals surface area (Å²) in [7, 11) is 1.88. The minimum absolute atomic E-state index is 0. The lowest BCUT2D eigenvalue weighted by Crippen LogP contribution is -2.31. The summed E-state index contributed by atoms with van der Waals surface area (Å²) < 4.78 is 0. The van der Waals surface area contributed by atoms with Crippen LogP contribution in [-0.4, -0.2) is 26.0 Å². The second kappa shape index (κ2) is 10.8. The molecule has 3 nitrogen and oxygen atoms in total. The molecular formula is C13H27ClN2O. The van der Waals surface area contributed by atoms with E-state index in [0.29, 0.717) is 6.42 Å². The third-order valence-electron chi connectivity index (χ3n) is 3.41. The molecule has 1 amide bonds. The number of carbonyl (C=O) groups excluding carboxylic acids is 1. The first-order valence-electron chi connectivity index (χ1n) is 6.74. The van der Waals surface area contributed by atoms with Crippen LogP contribution in [0.3, 0.4) is 0 Å². The van der Waals surface area contributed by atoms with E-state index in [9.17, 15) is 4.79 Å². The molecule has 1 fully saturated rings. The summed E-state index contributed by atoms with van der Waals surface area (Å²) in [4.78, 5) is 11.4. The van der Waals surface area contributed by atoms with Crippen molar-refractivity contribution >= 4 is 18.3 Å². The van der Waals surface area contributed by atoms with Gasteiger partial charge in [0.25, 0.3) is 0 Å². The van der Waals surface area contributed by atoms with Crippen LogP contribution in [0.25, 0.3) is 0 Å². The SMILES string of the molecule is CNCCC(=O)NCC1CCCCCCC1.Cl. The molecule has 0 unspecified atom stereocenters. The van der Waals surface area contributed by atoms with Crippen LogP contribution in [-0.2, 0) is 4.79 Å². The van der Waals surface area contributed by atoms with Crippen LogP contribution < -0.4 is 10.6 Å². The molecule has 1 saturated carbocycles. The minimum atomic E-state index is 0. The largest absolute Gasteiger partial charge is 0.356 e. The smallest absolute Gasteiger partial charge is 0.221 e. The molecule has 1 rings (SSSR count). The molecule has 0 aromatic carbocycles. The first-order chi connectivity index (χ1) is 7.83. The molecule has 102 valence electrons. The third-order valence-corrected chi connectivity index (χ3v) is 3.41. The Morgan fingerprint density at radius 2 is 1.71 bits per heavy atom. The van der Waals surface area contributed by atoms with Crippen molar-refractivity contribution in [3.05, 3.63) is 0 Å². The van der Waals surface area contributed by atoms with Crippen LogP contribution in [0.4, 0.5) is 0 Å². The highest BCUT2D eigenvalue weighted by Crippen LogP contribution is 2.21. The molecule has 0 aromatic rings. The Hall–Kier alpha value is -0.280. The number of halogens is 1. The molecular weight excluding hydrogens is 236 g/mol. The van der Waals surface area contributed by atoms with Crippen molar-refractivity contribution < 1.29 is 4.79 Å². The lowest BCUT2D eigenvalue weighted by atomic mass is 9.91. The Morgan fingerprint density at radius 1 is 1.12 bits per heavy atom. The standard InChI is InChI=1S/C13H26N2O.ClH/c1-14-10-9-13(16)15-11-12-7-5-3-2-4-6-8-12;/h12,14H,2-11H2,1H3,(H,15,16);1H. The van der Waals surface area contributed by atoms with E-state index in [0.717, 1.165) is 19.0 Å². The monoisotopic (exact) mass is 262 g/mol. The van der Waals surface area contributed by atoms with Crippen molar-refractivity contribution in [1.82, 2.24) is 10.6 Å². The van der Waals surface area contributed by atoms with Gasteiger partial charge in [0.1, 0.15) is 0 Å². The van der Waals surface area contributed by atoms with Crippen LogP contribution >= 0.6 is 12.4 Å². The summed E-state index contributed by atoms with van der Waals surface area (Å²) in [6.07, 6.45) is 10.0. The maximum atomic E-state index is 11.4. The zero-order valence-electron chi connectivity index (χ0n) is 11.0. The summed E-state index contributed by atoms with van der Waals surface area (Å²) in [5.41, 5.74) is 0. The second-order valence-electron chi connectivity index (χ2n) is 4.87. The van der Waals surface area contributed by atoms with Gasteiger partial charge in [0, 0.05) is 19.5 Å². The van der Waals surface area contributed by atoms with Crippen molar-refractivity contribution in [3.63, 3.8) is 0 Å². The van der Waals surface area contributed by atoms with Crippen molar-refractivity contribution in [3.8, 4) is 0 Å². The molecule has 0 bridgehead atoms. The van der Waals surface area contributed by atoms with Crippen LogP contribution in [0, 0.1) is 5.92 Å². The minimum Gasteiger partial charge on any atom is -0.356 e. The molecule has 0 saturated heterocycles. The average molecular weight is 263 g/mol. The van der Waals surface area contributed by atoms with Crippen molar-refractivity contribution in [1.29, 1.82) is 0 Å². The van der Waals surface area contributed by atoms with Gasteiger partial charge in [-0.1, -0.05) is 32.1 Å². The van der Waals surface area contributed by atoms with Crippen molar-refractivity contribution in [2.24, 2.45) is 5.92 Å². The predicted octanol–water partition coefficient (Wildman–Crippen LogP) is 2.49. The fourth-order valence-electron chi connectivity index (χ4n) is 2.33. The number of rotatable bonds is 5. The van der Waals surface area contributed by atoms with Crippen molar-refractivity contribution in [2.75, 3.05) is 20.1 Å². The van der Waals surface area contributed by atoms with Gasteiger partial charge in [0.15, 0.2) is 0 Å². The van der Waals surface area contributed by atoms with Gasteiger partial charge in [0.2, 0.25) is 5.91 Å². The fraction of sp³-hybridized carbons (Fsp3) is 0.923. The normalized spacial score (nSPS) is 17.7. The highest BCUT2D eigenvalue weighted by atomic mass is 35.5. The molecule has 17 heavy (non-hydrogen) atoms. The second-order valence-corrected chi connectivity index (χ2v) is 4.87. The molecule has 4 heteroatoms. The van der Waals surface area contributed by atoms with Gasteiger partial charge in [-0.2, -0.15) is 0 Å². The summed E-state index contributed by atoms with van der Waals surface area (Å²) in [5.74, 6) is 0.912. The van der Waals surface area contributed by atoms with Crippen LogP contribution in [0.5, 0.6) is 0 Å². The summed E-state index contributed by atoms with van der Waals surface area (Å²) in [6.45, 7) is 1.67. The Bertz CT molecular complexity index is 192. The van der Waals surface area contributed by atoms with Gasteiger partial charge >= 0.3 is 0 Å². The Labute approximate surface area is 112 Å². The van der Waals surface area contributed by atoms with Gasteiger partial charge in [-0.3, -0.25) is 4.79 Å². The van der Waals surface area contributed by atoms with Crippen LogP contribution in [0.15, 0.2) is 0 Å². The van der Waals surface area contributed by atoms with Crippen molar-refractivity contribution in [2.45, 2.75) is 51.4 Å². The van der Waals surface area contributed by atoms with E-state index in [1.807, 2.05) is 7.05 Å². The average Bonchev–Trinajstić information content (AvgIpc) is 2.25. The molecule has 0 radical (unpaired) electrons. The van der Waals surface area contributed by atoms with E-state index in [1.165, 1.54) is 44.9 Å². The number of amides is 1. The van der Waals surface area contributed by atoms with Crippen LogP contribution in [0.1, 0.15) is 51.4 Å². The van der Waals surface area contributed by atoms with E-state index in [2.05, 4.69) is 10.6 Å². The van der Waals surface area contributed by atoms with Crippen LogP contribution in [0.2, 0.25) is 0 Å². The highest BCUT2D eigenvalue weighted by molar-refractivity contribution is 5.85. The lowest BCUT2D eigenvalue weighted by Gasteiger charge is -2.19. The number of hydrogen-bond donors (Lipinski definition) is 2. The van der Waals surface area contributed by atoms with E-state index >= 15 is 0 Å². The zero-order valence-corrected chi connectivity index (χ0v) is 11.8. The molecule has 0 spiro atoms. The van der Waals surface area contributed by atoms with Gasteiger partial charge in [-0.15, -0.1) is 12.4 Å². The van der Waals surface area contributed by atoms with E-state index in [-0.39, 0.29) is 18.3 Å². The molecule has 0 atom stereocenters. The maximum Gasteiger partial charge on any atom is 0.221 e. The van der Waals surface area contributed by atoms with Gasteiger partial charge in [-0.05, 0) is 25.8 Å². The Kier molecular flexibility index (Phi) is 10.7. The quantitative estimate of drug-likeness (QED) is 0.799. The third kappa shape index (κ3) is 8.44. The fourth-order valence-corrected chi connectivity index (χ4v) is 2.33. The highest BCUT2D eigenvalue weighted by Gasteiger charge is 2.12. The molecule has 2 N–H and O–H groups in total. The van der Waals surface area contributed by atoms with Gasteiger partial charge < -0.3 is 10.6 Å². The van der Waals surface area contributed by atoms with E-state index in [1.54, 1.807) is 0 Å². The topological polar surface area (TPSA) is 41.1 Å². The number of hydrogen-bond acceptors (Lipinski definition) is 2. The molecule has 1 aliphatic carbocycles. The Balaban J connectivity index is 0.00000256. The summed E-state index contributed by atoms with van der Waals surface area (Å²) in [6, 6.07) is 0. The Morgan fingerprint density at radius 3 is 2.29 bits per heavy atom. The molecule has 0 aliphatic heterocycles. The molecule has 0 heterocycles. The maximum absolute atomic E-state index is 11.4. The number of carbonyl (C=O) groups is 1. The molecule has 1 aliphatic rings. The first kappa shape index (κ1) is 16.7. The molecule has 0 aromatic heterocycles. The van der Waals surface area contributed by atoms with Gasteiger partial charge in [0.05, 0.1) is 0 Å². The van der Waals surface area contributed by atoms with E-state index < -0.39 is 0 Å². The first-order valence-corrected chi connectivity index (χ1v) is 6.74. The summed E-state index contributed by atoms with van der Waals surface area (Å²) in [5, 5.41) is 6.05. The summed E-state index contributed by atoms with van der Waals surface area (Å²) >= 11 is 0. The number of nitrogens with one attached hydrogen (secondary N) is 2. The lowest BCUT2D eigenvalue weighted by molar-refractivity contribution is -0.121. The van der Waals surface area contributed by atoms with E-state index in [4.69, 9.17) is 0 Å². The zero-order chi connectivity index (χ0) is 11.6.